The monoisotopic (exact) mass is 180 g/mol. The Morgan fingerprint density at radius 3 is 2.62 bits per heavy atom. The molecule has 1 heterocycles. The maximum absolute atomic E-state index is 8.82. The molecule has 0 radical (unpaired) electrons. The van der Waals surface area contributed by atoms with Gasteiger partial charge in [0.05, 0.1) is 13.2 Å². The molecule has 1 aliphatic rings. The van der Waals surface area contributed by atoms with Crippen LogP contribution in [-0.4, -0.2) is 24.1 Å². The van der Waals surface area contributed by atoms with Gasteiger partial charge in [-0.1, -0.05) is 30.3 Å². The molecule has 0 aliphatic carbocycles. The third kappa shape index (κ3) is 2.52. The van der Waals surface area contributed by atoms with Crippen molar-refractivity contribution in [2.45, 2.75) is 19.0 Å². The van der Waals surface area contributed by atoms with E-state index in [-0.39, 0.29) is 6.10 Å². The van der Waals surface area contributed by atoms with Gasteiger partial charge < -0.3 is 14.6 Å². The number of hydrogen-bond acceptors (Lipinski definition) is 3. The molecule has 1 aliphatic heterocycles. The lowest BCUT2D eigenvalue weighted by atomic mass is 10.2. The normalized spacial score (nSPS) is 25.9. The van der Waals surface area contributed by atoms with Gasteiger partial charge in [-0.15, -0.1) is 0 Å². The summed E-state index contributed by atoms with van der Waals surface area (Å²) >= 11 is 0. The van der Waals surface area contributed by atoms with Crippen molar-refractivity contribution < 1.29 is 14.6 Å². The highest BCUT2D eigenvalue weighted by molar-refractivity contribution is 5.13. The Morgan fingerprint density at radius 1 is 1.31 bits per heavy atom. The van der Waals surface area contributed by atoms with E-state index in [0.29, 0.717) is 13.2 Å². The van der Waals surface area contributed by atoms with Crippen molar-refractivity contribution in [1.82, 2.24) is 0 Å². The Hall–Kier alpha value is -0.900. The Labute approximate surface area is 76.9 Å². The van der Waals surface area contributed by atoms with Gasteiger partial charge in [0.1, 0.15) is 6.10 Å². The molecular weight excluding hydrogens is 168 g/mol. The Kier molecular flexibility index (Phi) is 2.59. The summed E-state index contributed by atoms with van der Waals surface area (Å²) in [6, 6.07) is 9.92. The van der Waals surface area contributed by atoms with Crippen molar-refractivity contribution in [3.63, 3.8) is 0 Å². The smallest absolute Gasteiger partial charge is 0.184 e. The molecule has 1 aromatic carbocycles. The van der Waals surface area contributed by atoms with Gasteiger partial charge in [0, 0.05) is 0 Å². The lowest BCUT2D eigenvalue weighted by Crippen LogP contribution is -2.04. The van der Waals surface area contributed by atoms with Gasteiger partial charge in [-0.05, 0) is 5.56 Å². The summed E-state index contributed by atoms with van der Waals surface area (Å²) in [6.07, 6.45) is -0.709. The molecule has 0 spiro atoms. The third-order valence-corrected chi connectivity index (χ3v) is 1.95. The number of aliphatic hydroxyl groups excluding tert-OH is 1. The lowest BCUT2D eigenvalue weighted by molar-refractivity contribution is 0.104. The minimum Gasteiger partial charge on any atom is -0.374 e. The molecule has 2 rings (SSSR count). The molecule has 1 N–H and O–H groups in total. The summed E-state index contributed by atoms with van der Waals surface area (Å²) in [5, 5.41) is 8.82. The van der Waals surface area contributed by atoms with E-state index in [0.717, 1.165) is 5.56 Å². The van der Waals surface area contributed by atoms with Crippen LogP contribution in [0.4, 0.5) is 0 Å². The molecule has 1 fully saturated rings. The number of ether oxygens (including phenoxy) is 2. The molecule has 0 saturated carbocycles. The van der Waals surface area contributed by atoms with E-state index >= 15 is 0 Å². The summed E-state index contributed by atoms with van der Waals surface area (Å²) in [6.45, 7) is 1.05. The van der Waals surface area contributed by atoms with Crippen LogP contribution in [0, 0.1) is 0 Å². The van der Waals surface area contributed by atoms with Crippen LogP contribution in [0.1, 0.15) is 5.56 Å². The fraction of sp³-hybridized carbons (Fsp3) is 0.400. The molecule has 3 nitrogen and oxygen atoms in total. The molecule has 1 aromatic rings. The van der Waals surface area contributed by atoms with Crippen LogP contribution in [0.2, 0.25) is 0 Å². The summed E-state index contributed by atoms with van der Waals surface area (Å²) in [5.41, 5.74) is 1.14. The highest BCUT2D eigenvalue weighted by Crippen LogP contribution is 2.18. The molecule has 1 saturated heterocycles. The van der Waals surface area contributed by atoms with Crippen molar-refractivity contribution in [2.75, 3.05) is 6.61 Å². The number of aliphatic hydroxyl groups is 1. The number of epoxide rings is 1. The second-order valence-electron chi connectivity index (χ2n) is 3.07. The lowest BCUT2D eigenvalue weighted by Gasteiger charge is -2.00. The zero-order valence-corrected chi connectivity index (χ0v) is 7.22. The van der Waals surface area contributed by atoms with Gasteiger partial charge >= 0.3 is 0 Å². The highest BCUT2D eigenvalue weighted by Gasteiger charge is 2.36. The minimum absolute atomic E-state index is 0.108. The molecule has 70 valence electrons. The van der Waals surface area contributed by atoms with E-state index < -0.39 is 6.29 Å². The summed E-state index contributed by atoms with van der Waals surface area (Å²) < 4.78 is 10.1. The van der Waals surface area contributed by atoms with E-state index in [1.807, 2.05) is 30.3 Å². The predicted molar refractivity (Wildman–Crippen MR) is 47.0 cm³/mol. The Morgan fingerprint density at radius 2 is 2.00 bits per heavy atom. The first-order valence-corrected chi connectivity index (χ1v) is 4.31. The van der Waals surface area contributed by atoms with Crippen LogP contribution >= 0.6 is 0 Å². The van der Waals surface area contributed by atoms with Crippen LogP contribution in [-0.2, 0) is 16.1 Å². The first-order valence-electron chi connectivity index (χ1n) is 4.31. The van der Waals surface area contributed by atoms with Crippen molar-refractivity contribution >= 4 is 0 Å². The maximum Gasteiger partial charge on any atom is 0.184 e. The molecule has 2 unspecified atom stereocenters. The van der Waals surface area contributed by atoms with E-state index in [4.69, 9.17) is 14.6 Å². The van der Waals surface area contributed by atoms with E-state index in [2.05, 4.69) is 0 Å². The van der Waals surface area contributed by atoms with E-state index in [1.165, 1.54) is 0 Å². The molecule has 13 heavy (non-hydrogen) atoms. The molecular formula is C10H12O3. The van der Waals surface area contributed by atoms with E-state index in [9.17, 15) is 0 Å². The third-order valence-electron chi connectivity index (χ3n) is 1.95. The van der Waals surface area contributed by atoms with Crippen LogP contribution < -0.4 is 0 Å². The van der Waals surface area contributed by atoms with Crippen LogP contribution in [0.25, 0.3) is 0 Å². The number of hydrogen-bond donors (Lipinski definition) is 1. The van der Waals surface area contributed by atoms with Crippen molar-refractivity contribution in [1.29, 1.82) is 0 Å². The summed E-state index contributed by atoms with van der Waals surface area (Å²) in [4.78, 5) is 0. The molecule has 0 amide bonds. The largest absolute Gasteiger partial charge is 0.374 e. The van der Waals surface area contributed by atoms with Gasteiger partial charge in [-0.2, -0.15) is 0 Å². The molecule has 0 bridgehead atoms. The fourth-order valence-electron chi connectivity index (χ4n) is 1.12. The number of benzene rings is 1. The summed E-state index contributed by atoms with van der Waals surface area (Å²) in [5.74, 6) is 0. The van der Waals surface area contributed by atoms with Crippen LogP contribution in [0.15, 0.2) is 30.3 Å². The maximum atomic E-state index is 8.82. The average Bonchev–Trinajstić information content (AvgIpc) is 2.84. The zero-order chi connectivity index (χ0) is 9.10. The first kappa shape index (κ1) is 8.69. The highest BCUT2D eigenvalue weighted by atomic mass is 16.7. The van der Waals surface area contributed by atoms with Gasteiger partial charge in [-0.25, -0.2) is 0 Å². The second kappa shape index (κ2) is 3.87. The Balaban J connectivity index is 1.68. The van der Waals surface area contributed by atoms with Crippen molar-refractivity contribution in [3.8, 4) is 0 Å². The second-order valence-corrected chi connectivity index (χ2v) is 3.07. The molecule has 3 heteroatoms. The van der Waals surface area contributed by atoms with E-state index in [1.54, 1.807) is 0 Å². The average molecular weight is 180 g/mol. The fourth-order valence-corrected chi connectivity index (χ4v) is 1.12. The van der Waals surface area contributed by atoms with Gasteiger partial charge in [0.2, 0.25) is 0 Å². The zero-order valence-electron chi connectivity index (χ0n) is 7.22. The first-order chi connectivity index (χ1) is 6.36. The topological polar surface area (TPSA) is 42.0 Å². The standard InChI is InChI=1S/C10H12O3/c11-10-9(13-10)7-12-6-8-4-2-1-3-5-8/h1-5,9-11H,6-7H2. The minimum atomic E-state index is -0.601. The Bertz CT molecular complexity index is 260. The quantitative estimate of drug-likeness (QED) is 0.700. The van der Waals surface area contributed by atoms with Crippen LogP contribution in [0.5, 0.6) is 0 Å². The number of rotatable bonds is 4. The van der Waals surface area contributed by atoms with Crippen molar-refractivity contribution in [2.24, 2.45) is 0 Å². The van der Waals surface area contributed by atoms with Gasteiger partial charge in [0.15, 0.2) is 6.29 Å². The SMILES string of the molecule is OC1OC1COCc1ccccc1. The molecule has 0 aromatic heterocycles. The van der Waals surface area contributed by atoms with Gasteiger partial charge in [-0.3, -0.25) is 0 Å². The molecule has 2 atom stereocenters. The summed E-state index contributed by atoms with van der Waals surface area (Å²) in [7, 11) is 0. The predicted octanol–water partition coefficient (Wildman–Crippen LogP) is 0.920. The van der Waals surface area contributed by atoms with Gasteiger partial charge in [0.25, 0.3) is 0 Å². The van der Waals surface area contributed by atoms with Crippen LogP contribution in [0.3, 0.4) is 0 Å². The van der Waals surface area contributed by atoms with Crippen molar-refractivity contribution in [3.05, 3.63) is 35.9 Å².